The number of aromatic nitrogens is 1. The zero-order chi connectivity index (χ0) is 17.1. The van der Waals surface area contributed by atoms with E-state index >= 15 is 0 Å². The summed E-state index contributed by atoms with van der Waals surface area (Å²) in [6, 6.07) is 10.5. The average molecular weight is 345 g/mol. The largest absolute Gasteiger partial charge is 0.359 e. The lowest BCUT2D eigenvalue weighted by molar-refractivity contribution is -0.120. The van der Waals surface area contributed by atoms with E-state index < -0.39 is 0 Å². The summed E-state index contributed by atoms with van der Waals surface area (Å²) < 4.78 is 0. The van der Waals surface area contributed by atoms with Gasteiger partial charge in [0.15, 0.2) is 0 Å². The number of hydrogen-bond donors (Lipinski definition) is 2. The number of halogens is 1. The standard InChI is InChI=1S/C17H17ClN4O2/c1-11-3-2-4-14(20-11)17(24)21-12-5-6-15(13(18)9-12)22-8-7-19-16(23)10-22/h2-6,9H,7-8,10H2,1H3,(H,19,23)(H,21,24). The minimum absolute atomic E-state index is 0.0276. The molecule has 1 saturated heterocycles. The van der Waals surface area contributed by atoms with Gasteiger partial charge in [-0.2, -0.15) is 0 Å². The summed E-state index contributed by atoms with van der Waals surface area (Å²) in [4.78, 5) is 29.8. The van der Waals surface area contributed by atoms with Crippen LogP contribution in [-0.2, 0) is 4.79 Å². The topological polar surface area (TPSA) is 74.3 Å². The third-order valence-electron chi connectivity index (χ3n) is 3.71. The summed E-state index contributed by atoms with van der Waals surface area (Å²) in [5.74, 6) is -0.319. The monoisotopic (exact) mass is 344 g/mol. The fourth-order valence-corrected chi connectivity index (χ4v) is 2.85. The number of anilines is 2. The molecule has 2 amide bonds. The summed E-state index contributed by atoms with van der Waals surface area (Å²) in [6.45, 7) is 3.40. The molecule has 1 aliphatic rings. The fourth-order valence-electron chi connectivity index (χ4n) is 2.55. The van der Waals surface area contributed by atoms with E-state index in [1.54, 1.807) is 30.3 Å². The van der Waals surface area contributed by atoms with Crippen molar-refractivity contribution in [3.05, 3.63) is 52.8 Å². The van der Waals surface area contributed by atoms with Gasteiger partial charge in [-0.05, 0) is 37.3 Å². The Balaban J connectivity index is 1.75. The Morgan fingerprint density at radius 3 is 2.88 bits per heavy atom. The van der Waals surface area contributed by atoms with Crippen molar-refractivity contribution in [2.45, 2.75) is 6.92 Å². The molecule has 1 aromatic heterocycles. The van der Waals surface area contributed by atoms with Gasteiger partial charge in [-0.15, -0.1) is 0 Å². The van der Waals surface area contributed by atoms with E-state index in [2.05, 4.69) is 15.6 Å². The number of benzene rings is 1. The van der Waals surface area contributed by atoms with Gasteiger partial charge in [0.1, 0.15) is 5.69 Å². The maximum absolute atomic E-state index is 12.2. The predicted molar refractivity (Wildman–Crippen MR) is 93.6 cm³/mol. The third-order valence-corrected chi connectivity index (χ3v) is 4.01. The number of carbonyl (C=O) groups excluding carboxylic acids is 2. The molecule has 124 valence electrons. The molecule has 1 fully saturated rings. The molecule has 7 heteroatoms. The SMILES string of the molecule is Cc1cccc(C(=O)Nc2ccc(N3CCNC(=O)C3)c(Cl)c2)n1. The number of aryl methyl sites for hydroxylation is 1. The molecule has 0 radical (unpaired) electrons. The summed E-state index contributed by atoms with van der Waals surface area (Å²) in [5, 5.41) is 6.04. The fraction of sp³-hybridized carbons (Fsp3) is 0.235. The van der Waals surface area contributed by atoms with Crippen LogP contribution >= 0.6 is 11.6 Å². The molecule has 0 saturated carbocycles. The quantitative estimate of drug-likeness (QED) is 0.895. The number of piperazine rings is 1. The van der Waals surface area contributed by atoms with E-state index in [0.29, 0.717) is 29.5 Å². The second-order valence-electron chi connectivity index (χ2n) is 5.56. The highest BCUT2D eigenvalue weighted by Crippen LogP contribution is 2.29. The van der Waals surface area contributed by atoms with Crippen molar-refractivity contribution in [2.24, 2.45) is 0 Å². The first kappa shape index (κ1) is 16.3. The van der Waals surface area contributed by atoms with Gasteiger partial charge >= 0.3 is 0 Å². The molecule has 1 aliphatic heterocycles. The van der Waals surface area contributed by atoms with Crippen molar-refractivity contribution in [1.82, 2.24) is 10.3 Å². The Morgan fingerprint density at radius 1 is 1.33 bits per heavy atom. The number of rotatable bonds is 3. The lowest BCUT2D eigenvalue weighted by atomic mass is 10.2. The molecular formula is C17H17ClN4O2. The lowest BCUT2D eigenvalue weighted by Gasteiger charge is -2.29. The van der Waals surface area contributed by atoms with Crippen molar-refractivity contribution >= 4 is 34.8 Å². The zero-order valence-electron chi connectivity index (χ0n) is 13.2. The predicted octanol–water partition coefficient (Wildman–Crippen LogP) is 2.23. The Kier molecular flexibility index (Phi) is 4.66. The number of hydrogen-bond acceptors (Lipinski definition) is 4. The van der Waals surface area contributed by atoms with Crippen LogP contribution in [0.25, 0.3) is 0 Å². The van der Waals surface area contributed by atoms with Crippen molar-refractivity contribution < 1.29 is 9.59 Å². The number of carbonyl (C=O) groups is 2. The molecule has 2 heterocycles. The highest BCUT2D eigenvalue weighted by molar-refractivity contribution is 6.33. The van der Waals surface area contributed by atoms with E-state index in [1.807, 2.05) is 17.9 Å². The highest BCUT2D eigenvalue weighted by atomic mass is 35.5. The third kappa shape index (κ3) is 3.65. The molecule has 3 rings (SSSR count). The van der Waals surface area contributed by atoms with Gasteiger partial charge in [-0.3, -0.25) is 9.59 Å². The molecule has 0 bridgehead atoms. The number of pyridine rings is 1. The van der Waals surface area contributed by atoms with E-state index in [-0.39, 0.29) is 18.4 Å². The number of nitrogens with one attached hydrogen (secondary N) is 2. The first-order chi connectivity index (χ1) is 11.5. The first-order valence-electron chi connectivity index (χ1n) is 7.59. The van der Waals surface area contributed by atoms with E-state index in [9.17, 15) is 9.59 Å². The van der Waals surface area contributed by atoms with Gasteiger partial charge in [0.05, 0.1) is 17.3 Å². The minimum atomic E-state index is -0.292. The minimum Gasteiger partial charge on any atom is -0.359 e. The average Bonchev–Trinajstić information content (AvgIpc) is 2.55. The Bertz CT molecular complexity index is 794. The van der Waals surface area contributed by atoms with Gasteiger partial charge in [0, 0.05) is 24.5 Å². The smallest absolute Gasteiger partial charge is 0.274 e. The number of nitrogens with zero attached hydrogens (tertiary/aromatic N) is 2. The van der Waals surface area contributed by atoms with Gasteiger partial charge in [0.2, 0.25) is 5.91 Å². The maximum Gasteiger partial charge on any atom is 0.274 e. The highest BCUT2D eigenvalue weighted by Gasteiger charge is 2.19. The molecule has 2 aromatic rings. The molecule has 0 spiro atoms. The second kappa shape index (κ2) is 6.88. The number of amides is 2. The molecule has 6 nitrogen and oxygen atoms in total. The van der Waals surface area contributed by atoms with Crippen LogP contribution in [0.15, 0.2) is 36.4 Å². The maximum atomic E-state index is 12.2. The van der Waals surface area contributed by atoms with E-state index in [4.69, 9.17) is 11.6 Å². The first-order valence-corrected chi connectivity index (χ1v) is 7.97. The van der Waals surface area contributed by atoms with Crippen LogP contribution in [0.4, 0.5) is 11.4 Å². The van der Waals surface area contributed by atoms with E-state index in [1.165, 1.54) is 0 Å². The summed E-state index contributed by atoms with van der Waals surface area (Å²) in [6.07, 6.45) is 0. The van der Waals surface area contributed by atoms with Gasteiger partial charge in [0.25, 0.3) is 5.91 Å². The van der Waals surface area contributed by atoms with Crippen LogP contribution in [0.2, 0.25) is 5.02 Å². The Morgan fingerprint density at radius 2 is 2.17 bits per heavy atom. The van der Waals surface area contributed by atoms with Gasteiger partial charge in [-0.1, -0.05) is 17.7 Å². The van der Waals surface area contributed by atoms with E-state index in [0.717, 1.165) is 11.4 Å². The summed E-state index contributed by atoms with van der Waals surface area (Å²) >= 11 is 6.32. The molecule has 0 aliphatic carbocycles. The van der Waals surface area contributed by atoms with Gasteiger partial charge in [-0.25, -0.2) is 4.98 Å². The van der Waals surface area contributed by atoms with Crippen LogP contribution < -0.4 is 15.5 Å². The zero-order valence-corrected chi connectivity index (χ0v) is 13.9. The van der Waals surface area contributed by atoms with Crippen molar-refractivity contribution in [1.29, 1.82) is 0 Å². The lowest BCUT2D eigenvalue weighted by Crippen LogP contribution is -2.47. The summed E-state index contributed by atoms with van der Waals surface area (Å²) in [5.41, 5.74) is 2.49. The van der Waals surface area contributed by atoms with Crippen molar-refractivity contribution in [3.63, 3.8) is 0 Å². The molecule has 0 atom stereocenters. The Hall–Kier alpha value is -2.60. The van der Waals surface area contributed by atoms with Crippen LogP contribution in [0.1, 0.15) is 16.2 Å². The molecule has 24 heavy (non-hydrogen) atoms. The van der Waals surface area contributed by atoms with Crippen LogP contribution in [-0.4, -0.2) is 36.4 Å². The second-order valence-corrected chi connectivity index (χ2v) is 5.96. The molecule has 0 unspecified atom stereocenters. The van der Waals surface area contributed by atoms with Crippen LogP contribution in [0, 0.1) is 6.92 Å². The summed E-state index contributed by atoms with van der Waals surface area (Å²) in [7, 11) is 0. The van der Waals surface area contributed by atoms with Crippen LogP contribution in [0.3, 0.4) is 0 Å². The van der Waals surface area contributed by atoms with Gasteiger partial charge < -0.3 is 15.5 Å². The molecular weight excluding hydrogens is 328 g/mol. The Labute approximate surface area is 144 Å². The van der Waals surface area contributed by atoms with Crippen molar-refractivity contribution in [3.8, 4) is 0 Å². The molecule has 2 N–H and O–H groups in total. The molecule has 1 aromatic carbocycles. The van der Waals surface area contributed by atoms with Crippen LogP contribution in [0.5, 0.6) is 0 Å². The normalized spacial score (nSPS) is 14.2. The van der Waals surface area contributed by atoms with Crippen molar-refractivity contribution in [2.75, 3.05) is 29.9 Å².